The quantitative estimate of drug-likeness (QED) is 0.771. The van der Waals surface area contributed by atoms with Crippen LogP contribution in [0.15, 0.2) is 53.0 Å². The van der Waals surface area contributed by atoms with Crippen LogP contribution in [0.1, 0.15) is 42.9 Å². The van der Waals surface area contributed by atoms with Crippen LogP contribution >= 0.6 is 15.9 Å². The number of fused-ring (bicyclic) bond motifs is 1. The van der Waals surface area contributed by atoms with Gasteiger partial charge in [0, 0.05) is 10.2 Å². The van der Waals surface area contributed by atoms with E-state index in [4.69, 9.17) is 0 Å². The molecule has 0 aromatic heterocycles. The second-order valence-corrected chi connectivity index (χ2v) is 6.23. The van der Waals surface area contributed by atoms with Crippen molar-refractivity contribution in [3.05, 3.63) is 64.1 Å². The number of rotatable bonds is 2. The van der Waals surface area contributed by atoms with Gasteiger partial charge in [-0.2, -0.15) is 0 Å². The summed E-state index contributed by atoms with van der Waals surface area (Å²) in [6, 6.07) is 17.7. The molecule has 2 heteroatoms. The van der Waals surface area contributed by atoms with Crippen molar-refractivity contribution in [1.82, 2.24) is 0 Å². The van der Waals surface area contributed by atoms with E-state index in [1.807, 2.05) is 0 Å². The Morgan fingerprint density at radius 2 is 1.79 bits per heavy atom. The molecule has 19 heavy (non-hydrogen) atoms. The van der Waals surface area contributed by atoms with Crippen molar-refractivity contribution < 1.29 is 0 Å². The minimum Gasteiger partial charge on any atom is -0.378 e. The zero-order valence-electron chi connectivity index (χ0n) is 11.1. The van der Waals surface area contributed by atoms with Gasteiger partial charge in [-0.05, 0) is 48.1 Å². The Balaban J connectivity index is 1.89. The number of hydrogen-bond donors (Lipinski definition) is 1. The zero-order valence-corrected chi connectivity index (χ0v) is 12.7. The third-order valence-corrected chi connectivity index (χ3v) is 4.45. The van der Waals surface area contributed by atoms with Gasteiger partial charge in [0.2, 0.25) is 0 Å². The van der Waals surface area contributed by atoms with E-state index in [0.717, 1.165) is 4.47 Å². The average molecular weight is 316 g/mol. The lowest BCUT2D eigenvalue weighted by molar-refractivity contribution is 0.534. The third kappa shape index (κ3) is 2.69. The molecule has 3 rings (SSSR count). The van der Waals surface area contributed by atoms with Gasteiger partial charge in [-0.25, -0.2) is 0 Å². The first-order valence-corrected chi connectivity index (χ1v) is 7.64. The van der Waals surface area contributed by atoms with Gasteiger partial charge in [-0.3, -0.25) is 0 Å². The number of benzene rings is 2. The van der Waals surface area contributed by atoms with E-state index in [2.05, 4.69) is 76.7 Å². The summed E-state index contributed by atoms with van der Waals surface area (Å²) < 4.78 is 1.12. The molecule has 1 nitrogen and oxygen atoms in total. The SMILES string of the molecule is CC1CCC(Nc2cccc(Br)c2)c2ccccc21. The van der Waals surface area contributed by atoms with Crippen molar-refractivity contribution in [2.24, 2.45) is 0 Å². The molecule has 2 aromatic carbocycles. The maximum Gasteiger partial charge on any atom is 0.0516 e. The summed E-state index contributed by atoms with van der Waals surface area (Å²) in [6.45, 7) is 2.33. The maximum atomic E-state index is 3.67. The first-order valence-electron chi connectivity index (χ1n) is 6.85. The second kappa shape index (κ2) is 5.38. The summed E-state index contributed by atoms with van der Waals surface area (Å²) in [5.74, 6) is 0.678. The van der Waals surface area contributed by atoms with Gasteiger partial charge >= 0.3 is 0 Å². The molecule has 2 unspecified atom stereocenters. The minimum absolute atomic E-state index is 0.432. The van der Waals surface area contributed by atoms with Gasteiger partial charge in [0.05, 0.1) is 6.04 Å². The van der Waals surface area contributed by atoms with Gasteiger partial charge < -0.3 is 5.32 Å². The van der Waals surface area contributed by atoms with Gasteiger partial charge in [0.25, 0.3) is 0 Å². The molecule has 2 atom stereocenters. The predicted octanol–water partition coefficient (Wildman–Crippen LogP) is 5.50. The predicted molar refractivity (Wildman–Crippen MR) is 84.6 cm³/mol. The topological polar surface area (TPSA) is 12.0 Å². The molecule has 0 aliphatic heterocycles. The zero-order chi connectivity index (χ0) is 13.2. The Hall–Kier alpha value is -1.28. The van der Waals surface area contributed by atoms with E-state index >= 15 is 0 Å². The van der Waals surface area contributed by atoms with Crippen molar-refractivity contribution >= 4 is 21.6 Å². The summed E-state index contributed by atoms with van der Waals surface area (Å²) in [5, 5.41) is 3.67. The Labute approximate surface area is 123 Å². The molecule has 0 heterocycles. The van der Waals surface area contributed by atoms with Crippen LogP contribution in [-0.4, -0.2) is 0 Å². The molecule has 0 bridgehead atoms. The third-order valence-electron chi connectivity index (χ3n) is 3.96. The largest absolute Gasteiger partial charge is 0.378 e. The highest BCUT2D eigenvalue weighted by atomic mass is 79.9. The van der Waals surface area contributed by atoms with Gasteiger partial charge in [-0.1, -0.05) is 53.2 Å². The lowest BCUT2D eigenvalue weighted by Crippen LogP contribution is -2.19. The Morgan fingerprint density at radius 3 is 2.58 bits per heavy atom. The average Bonchev–Trinajstić information content (AvgIpc) is 2.42. The monoisotopic (exact) mass is 315 g/mol. The molecule has 0 spiro atoms. The molecule has 0 saturated heterocycles. The molecule has 0 amide bonds. The molecule has 1 aliphatic carbocycles. The van der Waals surface area contributed by atoms with Crippen LogP contribution < -0.4 is 5.32 Å². The van der Waals surface area contributed by atoms with Crippen molar-refractivity contribution in [2.75, 3.05) is 5.32 Å². The van der Waals surface area contributed by atoms with Crippen LogP contribution in [0, 0.1) is 0 Å². The summed E-state index contributed by atoms with van der Waals surface area (Å²) in [4.78, 5) is 0. The van der Waals surface area contributed by atoms with E-state index in [-0.39, 0.29) is 0 Å². The van der Waals surface area contributed by atoms with Crippen LogP contribution in [0.3, 0.4) is 0 Å². The fourth-order valence-electron chi connectivity index (χ4n) is 2.93. The number of anilines is 1. The van der Waals surface area contributed by atoms with Gasteiger partial charge in [-0.15, -0.1) is 0 Å². The maximum absolute atomic E-state index is 3.67. The summed E-state index contributed by atoms with van der Waals surface area (Å²) in [5.41, 5.74) is 4.14. The van der Waals surface area contributed by atoms with E-state index in [1.165, 1.54) is 29.7 Å². The minimum atomic E-state index is 0.432. The van der Waals surface area contributed by atoms with Gasteiger partial charge in [0.15, 0.2) is 0 Å². The van der Waals surface area contributed by atoms with E-state index in [9.17, 15) is 0 Å². The van der Waals surface area contributed by atoms with Crippen LogP contribution in [0.2, 0.25) is 0 Å². The molecule has 1 aliphatic rings. The molecule has 0 saturated carbocycles. The molecular weight excluding hydrogens is 298 g/mol. The first-order chi connectivity index (χ1) is 9.24. The highest BCUT2D eigenvalue weighted by Gasteiger charge is 2.23. The van der Waals surface area contributed by atoms with E-state index in [1.54, 1.807) is 0 Å². The highest BCUT2D eigenvalue weighted by molar-refractivity contribution is 9.10. The summed E-state index contributed by atoms with van der Waals surface area (Å²) >= 11 is 3.53. The van der Waals surface area contributed by atoms with Crippen LogP contribution in [-0.2, 0) is 0 Å². The fraction of sp³-hybridized carbons (Fsp3) is 0.294. The Morgan fingerprint density at radius 1 is 1.00 bits per heavy atom. The van der Waals surface area contributed by atoms with E-state index in [0.29, 0.717) is 12.0 Å². The fourth-order valence-corrected chi connectivity index (χ4v) is 3.33. The smallest absolute Gasteiger partial charge is 0.0516 e. The van der Waals surface area contributed by atoms with Crippen molar-refractivity contribution in [3.63, 3.8) is 0 Å². The normalized spacial score (nSPS) is 21.8. The van der Waals surface area contributed by atoms with E-state index < -0.39 is 0 Å². The number of halogens is 1. The molecular formula is C17H18BrN. The lowest BCUT2D eigenvalue weighted by Gasteiger charge is -2.31. The van der Waals surface area contributed by atoms with Crippen LogP contribution in [0.4, 0.5) is 5.69 Å². The first kappa shape index (κ1) is 12.7. The summed E-state index contributed by atoms with van der Waals surface area (Å²) in [6.07, 6.45) is 2.45. The molecule has 0 radical (unpaired) electrons. The highest BCUT2D eigenvalue weighted by Crippen LogP contribution is 2.38. The molecule has 98 valence electrons. The van der Waals surface area contributed by atoms with Crippen molar-refractivity contribution in [1.29, 1.82) is 0 Å². The van der Waals surface area contributed by atoms with Crippen LogP contribution in [0.25, 0.3) is 0 Å². The molecule has 0 fully saturated rings. The van der Waals surface area contributed by atoms with Gasteiger partial charge in [0.1, 0.15) is 0 Å². The number of nitrogens with one attached hydrogen (secondary N) is 1. The summed E-state index contributed by atoms with van der Waals surface area (Å²) in [7, 11) is 0. The Kier molecular flexibility index (Phi) is 3.61. The van der Waals surface area contributed by atoms with Crippen LogP contribution in [0.5, 0.6) is 0 Å². The van der Waals surface area contributed by atoms with Crippen molar-refractivity contribution in [3.8, 4) is 0 Å². The Bertz CT molecular complexity index is 579. The second-order valence-electron chi connectivity index (χ2n) is 5.31. The molecule has 2 aromatic rings. The molecule has 1 N–H and O–H groups in total. The van der Waals surface area contributed by atoms with Crippen molar-refractivity contribution in [2.45, 2.75) is 31.7 Å². The lowest BCUT2D eigenvalue weighted by atomic mass is 9.81. The standard InChI is InChI=1S/C17H18BrN/c1-12-9-10-17(16-8-3-2-7-15(12)16)19-14-6-4-5-13(18)11-14/h2-8,11-12,17,19H,9-10H2,1H3. The number of hydrogen-bond acceptors (Lipinski definition) is 1.